The summed E-state index contributed by atoms with van der Waals surface area (Å²) in [4.78, 5) is 1.38. The van der Waals surface area contributed by atoms with Crippen LogP contribution in [0.1, 0.15) is 30.9 Å². The third-order valence-corrected chi connectivity index (χ3v) is 5.19. The van der Waals surface area contributed by atoms with Gasteiger partial charge in [-0.25, -0.2) is 4.57 Å². The van der Waals surface area contributed by atoms with E-state index in [0.29, 0.717) is 5.92 Å². The number of aryl methyl sites for hydroxylation is 2. The van der Waals surface area contributed by atoms with Gasteiger partial charge in [-0.05, 0) is 41.5 Å². The van der Waals surface area contributed by atoms with Crippen LogP contribution in [0.5, 0.6) is 0 Å². The molecular weight excluding hydrogens is 262 g/mol. The minimum atomic E-state index is 0.582. The van der Waals surface area contributed by atoms with Gasteiger partial charge in [0.15, 0.2) is 6.20 Å². The quantitative estimate of drug-likeness (QED) is 0.593. The lowest BCUT2D eigenvalue weighted by Gasteiger charge is -2.04. The van der Waals surface area contributed by atoms with Crippen molar-refractivity contribution in [3.05, 3.63) is 53.7 Å². The molecule has 102 valence electrons. The second kappa shape index (κ2) is 5.02. The SMILES string of the molecule is Cc1c(-c2cccc[n+]2C)sc2cc(C(C)C)ccc12. The van der Waals surface area contributed by atoms with Gasteiger partial charge in [-0.1, -0.05) is 26.0 Å². The van der Waals surface area contributed by atoms with E-state index in [2.05, 4.69) is 75.0 Å². The van der Waals surface area contributed by atoms with Gasteiger partial charge in [0.1, 0.15) is 11.9 Å². The maximum Gasteiger partial charge on any atom is 0.222 e. The summed E-state index contributed by atoms with van der Waals surface area (Å²) in [6, 6.07) is 13.3. The van der Waals surface area contributed by atoms with E-state index in [9.17, 15) is 0 Å². The van der Waals surface area contributed by atoms with E-state index in [1.165, 1.54) is 31.8 Å². The van der Waals surface area contributed by atoms with Crippen LogP contribution >= 0.6 is 11.3 Å². The molecule has 0 aliphatic carbocycles. The summed E-state index contributed by atoms with van der Waals surface area (Å²) in [5.74, 6) is 0.582. The minimum absolute atomic E-state index is 0.582. The molecule has 3 rings (SSSR count). The van der Waals surface area contributed by atoms with Crippen molar-refractivity contribution in [1.82, 2.24) is 0 Å². The Morgan fingerprint density at radius 1 is 1.10 bits per heavy atom. The summed E-state index contributed by atoms with van der Waals surface area (Å²) in [6.45, 7) is 6.73. The molecule has 0 fully saturated rings. The second-order valence-electron chi connectivity index (χ2n) is 5.66. The molecule has 0 aliphatic heterocycles. The zero-order valence-electron chi connectivity index (χ0n) is 12.5. The molecule has 2 aromatic heterocycles. The summed E-state index contributed by atoms with van der Waals surface area (Å²) in [5, 5.41) is 1.39. The number of rotatable bonds is 2. The van der Waals surface area contributed by atoms with Crippen molar-refractivity contribution in [1.29, 1.82) is 0 Å². The topological polar surface area (TPSA) is 3.88 Å². The van der Waals surface area contributed by atoms with Gasteiger partial charge in [0.2, 0.25) is 5.69 Å². The molecule has 0 saturated heterocycles. The van der Waals surface area contributed by atoms with Gasteiger partial charge in [-0.2, -0.15) is 0 Å². The molecule has 0 amide bonds. The highest BCUT2D eigenvalue weighted by atomic mass is 32.1. The van der Waals surface area contributed by atoms with Gasteiger partial charge in [-0.15, -0.1) is 11.3 Å². The fourth-order valence-electron chi connectivity index (χ4n) is 2.60. The van der Waals surface area contributed by atoms with Crippen molar-refractivity contribution < 1.29 is 4.57 Å². The average molecular weight is 282 g/mol. The van der Waals surface area contributed by atoms with E-state index in [1.54, 1.807) is 0 Å². The van der Waals surface area contributed by atoms with Gasteiger partial charge < -0.3 is 0 Å². The van der Waals surface area contributed by atoms with E-state index in [4.69, 9.17) is 0 Å². The third-order valence-electron chi connectivity index (χ3n) is 3.92. The zero-order valence-corrected chi connectivity index (χ0v) is 13.3. The highest BCUT2D eigenvalue weighted by Crippen LogP contribution is 2.37. The highest BCUT2D eigenvalue weighted by molar-refractivity contribution is 7.22. The molecule has 0 N–H and O–H groups in total. The van der Waals surface area contributed by atoms with E-state index >= 15 is 0 Å². The van der Waals surface area contributed by atoms with Crippen LogP contribution in [0, 0.1) is 6.92 Å². The van der Waals surface area contributed by atoms with E-state index < -0.39 is 0 Å². The van der Waals surface area contributed by atoms with Crippen LogP contribution in [0.15, 0.2) is 42.6 Å². The van der Waals surface area contributed by atoms with Gasteiger partial charge >= 0.3 is 0 Å². The third kappa shape index (κ3) is 2.14. The molecule has 0 spiro atoms. The molecule has 2 heterocycles. The number of thiophene rings is 1. The first-order chi connectivity index (χ1) is 9.58. The Labute approximate surface area is 124 Å². The van der Waals surface area contributed by atoms with Gasteiger partial charge in [0.05, 0.1) is 0 Å². The maximum absolute atomic E-state index is 2.35. The molecule has 0 aliphatic rings. The monoisotopic (exact) mass is 282 g/mol. The number of pyridine rings is 1. The Morgan fingerprint density at radius 2 is 1.90 bits per heavy atom. The standard InChI is InChI=1S/C18H20NS/c1-12(2)14-8-9-15-13(3)18(20-17(15)11-14)16-7-5-6-10-19(16)4/h5-12H,1-4H3/q+1. The Morgan fingerprint density at radius 3 is 2.60 bits per heavy atom. The van der Waals surface area contributed by atoms with Gasteiger partial charge in [-0.3, -0.25) is 0 Å². The summed E-state index contributed by atoms with van der Waals surface area (Å²) < 4.78 is 3.59. The number of fused-ring (bicyclic) bond motifs is 1. The summed E-state index contributed by atoms with van der Waals surface area (Å²) in [6.07, 6.45) is 2.11. The van der Waals surface area contributed by atoms with E-state index in [-0.39, 0.29) is 0 Å². The van der Waals surface area contributed by atoms with Crippen molar-refractivity contribution in [3.63, 3.8) is 0 Å². The Kier molecular flexibility index (Phi) is 3.35. The van der Waals surface area contributed by atoms with Crippen molar-refractivity contribution in [2.75, 3.05) is 0 Å². The van der Waals surface area contributed by atoms with E-state index in [0.717, 1.165) is 0 Å². The molecule has 0 radical (unpaired) electrons. The van der Waals surface area contributed by atoms with Crippen molar-refractivity contribution in [2.45, 2.75) is 26.7 Å². The fourth-order valence-corrected chi connectivity index (χ4v) is 3.93. The zero-order chi connectivity index (χ0) is 14.3. The lowest BCUT2D eigenvalue weighted by atomic mass is 10.0. The number of aromatic nitrogens is 1. The first kappa shape index (κ1) is 13.3. The lowest BCUT2D eigenvalue weighted by molar-refractivity contribution is -0.660. The van der Waals surface area contributed by atoms with Gasteiger partial charge in [0.25, 0.3) is 0 Å². The number of hydrogen-bond acceptors (Lipinski definition) is 1. The molecule has 1 aromatic carbocycles. The average Bonchev–Trinajstić information content (AvgIpc) is 2.76. The molecule has 0 atom stereocenters. The van der Waals surface area contributed by atoms with Crippen molar-refractivity contribution >= 4 is 21.4 Å². The van der Waals surface area contributed by atoms with Crippen LogP contribution in [0.4, 0.5) is 0 Å². The van der Waals surface area contributed by atoms with Crippen LogP contribution < -0.4 is 4.57 Å². The molecule has 1 nitrogen and oxygen atoms in total. The largest absolute Gasteiger partial charge is 0.222 e. The van der Waals surface area contributed by atoms with E-state index in [1.807, 2.05) is 11.3 Å². The van der Waals surface area contributed by atoms with Crippen molar-refractivity contribution in [2.24, 2.45) is 7.05 Å². The molecule has 3 aromatic rings. The maximum atomic E-state index is 2.35. The summed E-state index contributed by atoms with van der Waals surface area (Å²) in [7, 11) is 2.11. The minimum Gasteiger partial charge on any atom is -0.200 e. The van der Waals surface area contributed by atoms with Crippen LogP contribution in [0.3, 0.4) is 0 Å². The predicted octanol–water partition coefficient (Wildman–Crippen LogP) is 4.82. The predicted molar refractivity (Wildman–Crippen MR) is 87.3 cm³/mol. The van der Waals surface area contributed by atoms with Crippen molar-refractivity contribution in [3.8, 4) is 10.6 Å². The van der Waals surface area contributed by atoms with Gasteiger partial charge in [0, 0.05) is 16.8 Å². The molecule has 0 bridgehead atoms. The van der Waals surface area contributed by atoms with Crippen LogP contribution in [-0.2, 0) is 7.05 Å². The smallest absolute Gasteiger partial charge is 0.200 e. The molecule has 0 saturated carbocycles. The fraction of sp³-hybridized carbons (Fsp3) is 0.278. The summed E-state index contributed by atoms with van der Waals surface area (Å²) >= 11 is 1.90. The second-order valence-corrected chi connectivity index (χ2v) is 6.72. The van der Waals surface area contributed by atoms with Crippen LogP contribution in [-0.4, -0.2) is 0 Å². The molecule has 2 heteroatoms. The number of nitrogens with zero attached hydrogens (tertiary/aromatic N) is 1. The lowest BCUT2D eigenvalue weighted by Crippen LogP contribution is -2.29. The number of hydrogen-bond donors (Lipinski definition) is 0. The normalized spacial score (nSPS) is 11.4. The Bertz CT molecular complexity index is 768. The highest BCUT2D eigenvalue weighted by Gasteiger charge is 2.17. The number of benzene rings is 1. The molecule has 0 unspecified atom stereocenters. The van der Waals surface area contributed by atoms with Crippen LogP contribution in [0.25, 0.3) is 20.7 Å². The van der Waals surface area contributed by atoms with Crippen LogP contribution in [0.2, 0.25) is 0 Å². The first-order valence-corrected chi connectivity index (χ1v) is 7.87. The summed E-state index contributed by atoms with van der Waals surface area (Å²) in [5.41, 5.74) is 4.10. The first-order valence-electron chi connectivity index (χ1n) is 7.06. The Hall–Kier alpha value is -1.67. The molecular formula is C18H20NS+. The Balaban J connectivity index is 2.23. The molecule has 20 heavy (non-hydrogen) atoms.